The Balaban J connectivity index is 2.38. The molecular formula is C12H13N3O3S. The predicted octanol–water partition coefficient (Wildman–Crippen LogP) is 1.12. The summed E-state index contributed by atoms with van der Waals surface area (Å²) in [6.07, 6.45) is 1.61. The van der Waals surface area contributed by atoms with Crippen molar-refractivity contribution in [3.05, 3.63) is 30.1 Å². The molecule has 1 unspecified atom stereocenters. The number of aromatic nitrogens is 2. The van der Waals surface area contributed by atoms with Gasteiger partial charge in [-0.15, -0.1) is 0 Å². The van der Waals surface area contributed by atoms with Crippen LogP contribution in [0, 0.1) is 0 Å². The molecule has 1 aromatic heterocycles. The van der Waals surface area contributed by atoms with E-state index in [0.29, 0.717) is 23.6 Å². The van der Waals surface area contributed by atoms with Gasteiger partial charge in [-0.25, -0.2) is 14.8 Å². The molecule has 2 aromatic rings. The number of anilines is 1. The van der Waals surface area contributed by atoms with Crippen LogP contribution >= 0.6 is 0 Å². The zero-order valence-corrected chi connectivity index (χ0v) is 11.1. The van der Waals surface area contributed by atoms with Gasteiger partial charge in [0.25, 0.3) is 0 Å². The molecule has 2 N–H and O–H groups in total. The molecule has 0 saturated carbocycles. The molecule has 0 radical (unpaired) electrons. The highest BCUT2D eigenvalue weighted by Crippen LogP contribution is 2.19. The predicted molar refractivity (Wildman–Crippen MR) is 73.9 cm³/mol. The monoisotopic (exact) mass is 279 g/mol. The molecule has 0 aliphatic rings. The first-order chi connectivity index (χ1) is 9.08. The van der Waals surface area contributed by atoms with Crippen LogP contribution in [0.3, 0.4) is 0 Å². The van der Waals surface area contributed by atoms with E-state index in [1.807, 2.05) is 12.1 Å². The molecule has 6 nitrogen and oxygen atoms in total. The normalized spacial score (nSPS) is 12.3. The minimum absolute atomic E-state index is 0.251. The number of nitrogens with zero attached hydrogens (tertiary/aromatic N) is 2. The van der Waals surface area contributed by atoms with Crippen molar-refractivity contribution in [1.29, 1.82) is 0 Å². The van der Waals surface area contributed by atoms with E-state index in [9.17, 15) is 9.00 Å². The van der Waals surface area contributed by atoms with E-state index in [-0.39, 0.29) is 5.82 Å². The smallest absolute Gasteiger partial charge is 0.374 e. The first kappa shape index (κ1) is 13.4. The molecule has 100 valence electrons. The van der Waals surface area contributed by atoms with Crippen molar-refractivity contribution in [1.82, 2.24) is 9.97 Å². The molecule has 0 spiro atoms. The molecule has 0 fully saturated rings. The summed E-state index contributed by atoms with van der Waals surface area (Å²) in [6, 6.07) is 7.15. The lowest BCUT2D eigenvalue weighted by molar-refractivity contribution is 0.0684. The van der Waals surface area contributed by atoms with E-state index in [1.165, 1.54) is 0 Å². The highest BCUT2D eigenvalue weighted by atomic mass is 32.2. The van der Waals surface area contributed by atoms with Gasteiger partial charge in [0, 0.05) is 34.7 Å². The SMILES string of the molecule is CS(=O)CCNc1nc(C(=O)O)nc2ccccc12. The number of fused-ring (bicyclic) bond motifs is 1. The van der Waals surface area contributed by atoms with Gasteiger partial charge < -0.3 is 10.4 Å². The van der Waals surface area contributed by atoms with Crippen molar-refractivity contribution in [2.75, 3.05) is 23.9 Å². The largest absolute Gasteiger partial charge is 0.475 e. The average Bonchev–Trinajstić information content (AvgIpc) is 2.38. The van der Waals surface area contributed by atoms with Crippen LogP contribution in [0.4, 0.5) is 5.82 Å². The van der Waals surface area contributed by atoms with Crippen molar-refractivity contribution in [3.63, 3.8) is 0 Å². The molecule has 0 bridgehead atoms. The third-order valence-electron chi connectivity index (χ3n) is 2.48. The van der Waals surface area contributed by atoms with Gasteiger partial charge in [0.2, 0.25) is 5.82 Å². The second-order valence-electron chi connectivity index (χ2n) is 3.92. The van der Waals surface area contributed by atoms with Crippen LogP contribution in [0.2, 0.25) is 0 Å². The average molecular weight is 279 g/mol. The van der Waals surface area contributed by atoms with E-state index in [2.05, 4.69) is 15.3 Å². The van der Waals surface area contributed by atoms with E-state index in [4.69, 9.17) is 5.11 Å². The zero-order chi connectivity index (χ0) is 13.8. The Morgan fingerprint density at radius 3 is 2.79 bits per heavy atom. The molecule has 1 aromatic carbocycles. The Labute approximate surface area is 112 Å². The molecule has 1 atom stereocenters. The topological polar surface area (TPSA) is 92.2 Å². The molecule has 19 heavy (non-hydrogen) atoms. The Bertz CT molecular complexity index is 645. The zero-order valence-electron chi connectivity index (χ0n) is 10.3. The fraction of sp³-hybridized carbons (Fsp3) is 0.250. The maximum Gasteiger partial charge on any atom is 0.374 e. The summed E-state index contributed by atoms with van der Waals surface area (Å²) in [5.74, 6) is -0.499. The minimum Gasteiger partial charge on any atom is -0.475 e. The van der Waals surface area contributed by atoms with Crippen LogP contribution < -0.4 is 5.32 Å². The van der Waals surface area contributed by atoms with E-state index < -0.39 is 16.8 Å². The number of rotatable bonds is 5. The second-order valence-corrected chi connectivity index (χ2v) is 5.48. The highest BCUT2D eigenvalue weighted by Gasteiger charge is 2.12. The van der Waals surface area contributed by atoms with Gasteiger partial charge in [0.15, 0.2) is 0 Å². The lowest BCUT2D eigenvalue weighted by atomic mass is 10.2. The van der Waals surface area contributed by atoms with Gasteiger partial charge in [-0.2, -0.15) is 0 Å². The number of benzene rings is 1. The molecule has 0 aliphatic heterocycles. The molecule has 2 rings (SSSR count). The van der Waals surface area contributed by atoms with Gasteiger partial charge in [-0.3, -0.25) is 4.21 Å². The van der Waals surface area contributed by atoms with Crippen molar-refractivity contribution < 1.29 is 14.1 Å². The van der Waals surface area contributed by atoms with Crippen molar-refractivity contribution in [2.24, 2.45) is 0 Å². The maximum absolute atomic E-state index is 11.0. The van der Waals surface area contributed by atoms with Crippen molar-refractivity contribution >= 4 is 33.5 Å². The van der Waals surface area contributed by atoms with Crippen LogP contribution in [-0.2, 0) is 10.8 Å². The standard InChI is InChI=1S/C12H13N3O3S/c1-19(18)7-6-13-10-8-4-2-3-5-9(8)14-11(15-10)12(16)17/h2-5H,6-7H2,1H3,(H,16,17)(H,13,14,15). The van der Waals surface area contributed by atoms with Gasteiger partial charge in [0.1, 0.15) is 5.82 Å². The van der Waals surface area contributed by atoms with Crippen LogP contribution in [0.15, 0.2) is 24.3 Å². The number of carboxylic acid groups (broad SMARTS) is 1. The molecular weight excluding hydrogens is 266 g/mol. The third kappa shape index (κ3) is 3.25. The summed E-state index contributed by atoms with van der Waals surface area (Å²) >= 11 is 0. The fourth-order valence-electron chi connectivity index (χ4n) is 1.62. The number of aromatic carboxylic acids is 1. The van der Waals surface area contributed by atoms with Gasteiger partial charge >= 0.3 is 5.97 Å². The quantitative estimate of drug-likeness (QED) is 0.852. The molecule has 0 amide bonds. The summed E-state index contributed by atoms with van der Waals surface area (Å²) in [6.45, 7) is 0.461. The molecule has 0 saturated heterocycles. The molecule has 7 heteroatoms. The van der Waals surface area contributed by atoms with Gasteiger partial charge in [-0.05, 0) is 12.1 Å². The lowest BCUT2D eigenvalue weighted by Gasteiger charge is -2.08. The summed E-state index contributed by atoms with van der Waals surface area (Å²) < 4.78 is 11.0. The number of carbonyl (C=O) groups is 1. The second kappa shape index (κ2) is 5.75. The third-order valence-corrected chi connectivity index (χ3v) is 3.26. The van der Waals surface area contributed by atoms with Crippen molar-refractivity contribution in [3.8, 4) is 0 Å². The van der Waals surface area contributed by atoms with Crippen LogP contribution in [0.5, 0.6) is 0 Å². The minimum atomic E-state index is -1.17. The van der Waals surface area contributed by atoms with Gasteiger partial charge in [0.05, 0.1) is 5.52 Å². The lowest BCUT2D eigenvalue weighted by Crippen LogP contribution is -2.13. The first-order valence-corrected chi connectivity index (χ1v) is 7.34. The van der Waals surface area contributed by atoms with Crippen molar-refractivity contribution in [2.45, 2.75) is 0 Å². The number of hydrogen-bond acceptors (Lipinski definition) is 5. The van der Waals surface area contributed by atoms with Gasteiger partial charge in [-0.1, -0.05) is 12.1 Å². The summed E-state index contributed by atoms with van der Waals surface area (Å²) in [5, 5.41) is 12.7. The molecule has 1 heterocycles. The number of carboxylic acids is 1. The first-order valence-electron chi connectivity index (χ1n) is 5.62. The number of para-hydroxylation sites is 1. The Morgan fingerprint density at radius 2 is 2.11 bits per heavy atom. The van der Waals surface area contributed by atoms with Crippen LogP contribution in [0.25, 0.3) is 10.9 Å². The van der Waals surface area contributed by atoms with Crippen LogP contribution in [0.1, 0.15) is 10.6 Å². The van der Waals surface area contributed by atoms with Crippen LogP contribution in [-0.4, -0.2) is 43.8 Å². The molecule has 0 aliphatic carbocycles. The van der Waals surface area contributed by atoms with E-state index >= 15 is 0 Å². The Morgan fingerprint density at radius 1 is 1.37 bits per heavy atom. The number of nitrogens with one attached hydrogen (secondary N) is 1. The number of hydrogen-bond donors (Lipinski definition) is 2. The Hall–Kier alpha value is -2.02. The van der Waals surface area contributed by atoms with E-state index in [1.54, 1.807) is 18.4 Å². The summed E-state index contributed by atoms with van der Waals surface area (Å²) in [4.78, 5) is 18.9. The summed E-state index contributed by atoms with van der Waals surface area (Å²) in [5.41, 5.74) is 0.565. The highest BCUT2D eigenvalue weighted by molar-refractivity contribution is 7.84. The summed E-state index contributed by atoms with van der Waals surface area (Å²) in [7, 11) is -0.909. The fourth-order valence-corrected chi connectivity index (χ4v) is 2.01. The Kier molecular flexibility index (Phi) is 4.06. The maximum atomic E-state index is 11.0. The van der Waals surface area contributed by atoms with E-state index in [0.717, 1.165) is 5.39 Å².